The van der Waals surface area contributed by atoms with Crippen molar-refractivity contribution in [2.45, 2.75) is 45.1 Å². The van der Waals surface area contributed by atoms with Gasteiger partial charge in [0.2, 0.25) is 5.95 Å². The molecule has 0 aliphatic heterocycles. The third-order valence-electron chi connectivity index (χ3n) is 3.26. The van der Waals surface area contributed by atoms with E-state index >= 15 is 0 Å². The number of aromatic nitrogens is 2. The van der Waals surface area contributed by atoms with Crippen LogP contribution in [0.1, 0.15) is 39.0 Å². The number of anilines is 1. The first kappa shape index (κ1) is 10.4. The van der Waals surface area contributed by atoms with Crippen LogP contribution in [-0.4, -0.2) is 16.0 Å². The summed E-state index contributed by atoms with van der Waals surface area (Å²) >= 11 is 0. The third kappa shape index (κ3) is 2.91. The van der Waals surface area contributed by atoms with Gasteiger partial charge in [-0.15, -0.1) is 0 Å². The van der Waals surface area contributed by atoms with Crippen LogP contribution >= 0.6 is 0 Å². The molecule has 0 bridgehead atoms. The van der Waals surface area contributed by atoms with Crippen molar-refractivity contribution in [1.82, 2.24) is 9.97 Å². The second-order valence-corrected chi connectivity index (χ2v) is 4.35. The van der Waals surface area contributed by atoms with E-state index in [0.29, 0.717) is 6.04 Å². The van der Waals surface area contributed by atoms with Crippen LogP contribution < -0.4 is 5.32 Å². The minimum absolute atomic E-state index is 0.575. The fourth-order valence-electron chi connectivity index (χ4n) is 2.35. The number of nitrogens with one attached hydrogen (secondary N) is 1. The van der Waals surface area contributed by atoms with Crippen LogP contribution in [0.2, 0.25) is 0 Å². The van der Waals surface area contributed by atoms with Crippen LogP contribution in [0.15, 0.2) is 18.5 Å². The molecule has 1 aromatic heterocycles. The molecule has 0 amide bonds. The van der Waals surface area contributed by atoms with E-state index in [1.165, 1.54) is 32.1 Å². The topological polar surface area (TPSA) is 37.8 Å². The molecule has 3 nitrogen and oxygen atoms in total. The number of nitrogens with zero attached hydrogens (tertiary/aromatic N) is 2. The summed E-state index contributed by atoms with van der Waals surface area (Å²) in [4.78, 5) is 8.40. The van der Waals surface area contributed by atoms with E-state index in [0.717, 1.165) is 11.9 Å². The van der Waals surface area contributed by atoms with Gasteiger partial charge in [0.25, 0.3) is 0 Å². The highest BCUT2D eigenvalue weighted by Gasteiger charge is 2.20. The van der Waals surface area contributed by atoms with Crippen molar-refractivity contribution >= 4 is 5.95 Å². The molecule has 0 spiro atoms. The van der Waals surface area contributed by atoms with Crippen LogP contribution in [0, 0.1) is 5.92 Å². The lowest BCUT2D eigenvalue weighted by molar-refractivity contribution is 0.326. The summed E-state index contributed by atoms with van der Waals surface area (Å²) < 4.78 is 0. The van der Waals surface area contributed by atoms with E-state index in [1.54, 1.807) is 12.4 Å². The Labute approximate surface area is 91.3 Å². The van der Waals surface area contributed by atoms with Crippen molar-refractivity contribution in [2.75, 3.05) is 5.32 Å². The molecule has 1 N–H and O–H groups in total. The van der Waals surface area contributed by atoms with Crippen LogP contribution in [0.4, 0.5) is 5.95 Å². The van der Waals surface area contributed by atoms with Gasteiger partial charge in [0.1, 0.15) is 0 Å². The predicted molar refractivity (Wildman–Crippen MR) is 61.7 cm³/mol. The first-order chi connectivity index (χ1) is 7.38. The van der Waals surface area contributed by atoms with E-state index in [9.17, 15) is 0 Å². The zero-order valence-corrected chi connectivity index (χ0v) is 9.32. The van der Waals surface area contributed by atoms with Crippen molar-refractivity contribution in [1.29, 1.82) is 0 Å². The Morgan fingerprint density at radius 2 is 2.13 bits per heavy atom. The van der Waals surface area contributed by atoms with Gasteiger partial charge >= 0.3 is 0 Å². The number of rotatable bonds is 3. The molecule has 0 saturated heterocycles. The van der Waals surface area contributed by atoms with Crippen molar-refractivity contribution in [3.05, 3.63) is 18.5 Å². The number of hydrogen-bond acceptors (Lipinski definition) is 3. The maximum absolute atomic E-state index is 4.20. The molecule has 2 rings (SSSR count). The van der Waals surface area contributed by atoms with E-state index in [-0.39, 0.29) is 0 Å². The SMILES string of the molecule is CCC1CCCC(Nc2ncccn2)C1. The van der Waals surface area contributed by atoms with Gasteiger partial charge < -0.3 is 5.32 Å². The molecule has 1 saturated carbocycles. The minimum Gasteiger partial charge on any atom is -0.351 e. The van der Waals surface area contributed by atoms with Gasteiger partial charge in [-0.05, 0) is 24.8 Å². The quantitative estimate of drug-likeness (QED) is 0.824. The molecule has 2 atom stereocenters. The summed E-state index contributed by atoms with van der Waals surface area (Å²) in [5, 5.41) is 3.42. The highest BCUT2D eigenvalue weighted by Crippen LogP contribution is 2.27. The summed E-state index contributed by atoms with van der Waals surface area (Å²) in [7, 11) is 0. The van der Waals surface area contributed by atoms with Crippen LogP contribution in [0.5, 0.6) is 0 Å². The van der Waals surface area contributed by atoms with Gasteiger partial charge in [-0.3, -0.25) is 0 Å². The Morgan fingerprint density at radius 1 is 1.33 bits per heavy atom. The lowest BCUT2D eigenvalue weighted by Gasteiger charge is -2.28. The average molecular weight is 205 g/mol. The van der Waals surface area contributed by atoms with Gasteiger partial charge in [0.05, 0.1) is 0 Å². The molecule has 82 valence electrons. The van der Waals surface area contributed by atoms with Crippen molar-refractivity contribution in [2.24, 2.45) is 5.92 Å². The largest absolute Gasteiger partial charge is 0.351 e. The Balaban J connectivity index is 1.89. The summed E-state index contributed by atoms with van der Waals surface area (Å²) in [6.07, 6.45) is 10.1. The maximum atomic E-state index is 4.20. The Kier molecular flexibility index (Phi) is 3.54. The summed E-state index contributed by atoms with van der Waals surface area (Å²) in [5.74, 6) is 1.67. The lowest BCUT2D eigenvalue weighted by Crippen LogP contribution is -2.27. The molecular formula is C12H19N3. The minimum atomic E-state index is 0.575. The van der Waals surface area contributed by atoms with E-state index < -0.39 is 0 Å². The predicted octanol–water partition coefficient (Wildman–Crippen LogP) is 2.86. The fourth-order valence-corrected chi connectivity index (χ4v) is 2.35. The Morgan fingerprint density at radius 3 is 2.87 bits per heavy atom. The number of hydrogen-bond donors (Lipinski definition) is 1. The average Bonchev–Trinajstić information content (AvgIpc) is 2.31. The molecule has 1 aliphatic rings. The Hall–Kier alpha value is -1.12. The van der Waals surface area contributed by atoms with Crippen molar-refractivity contribution in [3.8, 4) is 0 Å². The molecule has 0 aromatic carbocycles. The molecule has 15 heavy (non-hydrogen) atoms. The normalized spacial score (nSPS) is 26.2. The summed E-state index contributed by atoms with van der Waals surface area (Å²) in [5.41, 5.74) is 0. The van der Waals surface area contributed by atoms with Gasteiger partial charge in [0, 0.05) is 18.4 Å². The first-order valence-electron chi connectivity index (χ1n) is 5.92. The maximum Gasteiger partial charge on any atom is 0.222 e. The first-order valence-corrected chi connectivity index (χ1v) is 5.92. The van der Waals surface area contributed by atoms with Crippen LogP contribution in [0.3, 0.4) is 0 Å². The highest BCUT2D eigenvalue weighted by atomic mass is 15.1. The molecule has 1 aliphatic carbocycles. The lowest BCUT2D eigenvalue weighted by atomic mass is 9.84. The van der Waals surface area contributed by atoms with Gasteiger partial charge in [-0.2, -0.15) is 0 Å². The van der Waals surface area contributed by atoms with Crippen LogP contribution in [-0.2, 0) is 0 Å². The van der Waals surface area contributed by atoms with Gasteiger partial charge in [0.15, 0.2) is 0 Å². The molecule has 1 heterocycles. The van der Waals surface area contributed by atoms with E-state index in [1.807, 2.05) is 6.07 Å². The van der Waals surface area contributed by atoms with E-state index in [2.05, 4.69) is 22.2 Å². The molecule has 1 fully saturated rings. The zero-order chi connectivity index (χ0) is 10.5. The molecule has 3 heteroatoms. The van der Waals surface area contributed by atoms with Gasteiger partial charge in [-0.25, -0.2) is 9.97 Å². The van der Waals surface area contributed by atoms with Gasteiger partial charge in [-0.1, -0.05) is 26.2 Å². The second-order valence-electron chi connectivity index (χ2n) is 4.35. The molecule has 1 aromatic rings. The smallest absolute Gasteiger partial charge is 0.222 e. The molecular weight excluding hydrogens is 186 g/mol. The third-order valence-corrected chi connectivity index (χ3v) is 3.26. The fraction of sp³-hybridized carbons (Fsp3) is 0.667. The second kappa shape index (κ2) is 5.10. The van der Waals surface area contributed by atoms with Crippen molar-refractivity contribution < 1.29 is 0 Å². The Bertz CT molecular complexity index is 286. The summed E-state index contributed by atoms with van der Waals surface area (Å²) in [6.45, 7) is 2.28. The molecule has 0 radical (unpaired) electrons. The monoisotopic (exact) mass is 205 g/mol. The van der Waals surface area contributed by atoms with E-state index in [4.69, 9.17) is 0 Å². The van der Waals surface area contributed by atoms with Crippen molar-refractivity contribution in [3.63, 3.8) is 0 Å². The summed E-state index contributed by atoms with van der Waals surface area (Å²) in [6, 6.07) is 2.42. The zero-order valence-electron chi connectivity index (χ0n) is 9.32. The van der Waals surface area contributed by atoms with Crippen LogP contribution in [0.25, 0.3) is 0 Å². The highest BCUT2D eigenvalue weighted by molar-refractivity contribution is 5.24. The standard InChI is InChI=1S/C12H19N3/c1-2-10-5-3-6-11(9-10)15-12-13-7-4-8-14-12/h4,7-8,10-11H,2-3,5-6,9H2,1H3,(H,13,14,15). The molecule has 2 unspecified atom stereocenters.